The molecule has 0 aliphatic heterocycles. The topological polar surface area (TPSA) is 77.8 Å². The van der Waals surface area contributed by atoms with Gasteiger partial charge in [-0.25, -0.2) is 0 Å². The Hall–Kier alpha value is -1.20. The van der Waals surface area contributed by atoms with E-state index < -0.39 is 5.54 Å². The third kappa shape index (κ3) is 4.65. The molecule has 0 aliphatic rings. The van der Waals surface area contributed by atoms with Crippen LogP contribution in [0, 0.1) is 0 Å². The highest BCUT2D eigenvalue weighted by Crippen LogP contribution is 2.26. The van der Waals surface area contributed by atoms with E-state index in [2.05, 4.69) is 9.97 Å². The van der Waals surface area contributed by atoms with Gasteiger partial charge in [-0.05, 0) is 43.7 Å². The first kappa shape index (κ1) is 17.2. The first-order valence-electron chi connectivity index (χ1n) is 7.22. The zero-order valence-corrected chi connectivity index (χ0v) is 13.8. The maximum Gasteiger partial charge on any atom is 0.0622 e. The van der Waals surface area contributed by atoms with Crippen LogP contribution in [0.4, 0.5) is 0 Å². The summed E-state index contributed by atoms with van der Waals surface area (Å²) < 4.78 is 0. The van der Waals surface area contributed by atoms with Gasteiger partial charge in [-0.3, -0.25) is 9.97 Å². The maximum absolute atomic E-state index is 6.63. The average Bonchev–Trinajstić information content (AvgIpc) is 2.50. The number of aromatic nitrogens is 2. The second kappa shape index (κ2) is 7.88. The molecule has 4 N–H and O–H groups in total. The average molecular weight is 339 g/mol. The van der Waals surface area contributed by atoms with Crippen LogP contribution >= 0.6 is 23.2 Å². The Labute approximate surface area is 140 Å². The van der Waals surface area contributed by atoms with Crippen LogP contribution in [0.25, 0.3) is 0 Å². The number of hydrogen-bond donors (Lipinski definition) is 2. The van der Waals surface area contributed by atoms with Crippen molar-refractivity contribution in [2.75, 3.05) is 6.54 Å². The van der Waals surface area contributed by atoms with E-state index in [0.717, 1.165) is 24.2 Å². The summed E-state index contributed by atoms with van der Waals surface area (Å²) in [6.07, 6.45) is 6.13. The van der Waals surface area contributed by atoms with Gasteiger partial charge >= 0.3 is 0 Å². The van der Waals surface area contributed by atoms with Gasteiger partial charge in [0.1, 0.15) is 0 Å². The Kier molecular flexibility index (Phi) is 6.15. The molecule has 22 heavy (non-hydrogen) atoms. The summed E-state index contributed by atoms with van der Waals surface area (Å²) in [4.78, 5) is 8.68. The predicted molar refractivity (Wildman–Crippen MR) is 91.1 cm³/mol. The fourth-order valence-corrected chi connectivity index (χ4v) is 2.83. The van der Waals surface area contributed by atoms with Crippen molar-refractivity contribution in [3.8, 4) is 0 Å². The number of nitrogens with two attached hydrogens (primary N) is 2. The van der Waals surface area contributed by atoms with E-state index in [4.69, 9.17) is 34.7 Å². The molecule has 0 saturated carbocycles. The number of halogens is 2. The first-order chi connectivity index (χ1) is 10.5. The summed E-state index contributed by atoms with van der Waals surface area (Å²) in [6.45, 7) is 0.588. The largest absolute Gasteiger partial charge is 0.330 e. The van der Waals surface area contributed by atoms with Crippen molar-refractivity contribution in [2.24, 2.45) is 11.5 Å². The van der Waals surface area contributed by atoms with Crippen LogP contribution < -0.4 is 11.5 Å². The monoisotopic (exact) mass is 338 g/mol. The number of pyridine rings is 2. The minimum Gasteiger partial charge on any atom is -0.330 e. The molecule has 0 radical (unpaired) electrons. The molecule has 0 atom stereocenters. The molecule has 2 heterocycles. The molecule has 4 nitrogen and oxygen atoms in total. The summed E-state index contributed by atoms with van der Waals surface area (Å²) >= 11 is 12.4. The fourth-order valence-electron chi connectivity index (χ4n) is 2.46. The quantitative estimate of drug-likeness (QED) is 0.813. The van der Waals surface area contributed by atoms with Crippen LogP contribution in [0.3, 0.4) is 0 Å². The molecule has 0 amide bonds. The lowest BCUT2D eigenvalue weighted by atomic mass is 9.84. The van der Waals surface area contributed by atoms with Gasteiger partial charge in [-0.2, -0.15) is 0 Å². The van der Waals surface area contributed by atoms with Crippen molar-refractivity contribution in [2.45, 2.75) is 31.2 Å². The minimum atomic E-state index is -0.532. The van der Waals surface area contributed by atoms with Crippen LogP contribution in [0.1, 0.15) is 24.2 Å². The van der Waals surface area contributed by atoms with Crippen molar-refractivity contribution in [1.82, 2.24) is 9.97 Å². The van der Waals surface area contributed by atoms with Gasteiger partial charge < -0.3 is 11.5 Å². The highest BCUT2D eigenvalue weighted by Gasteiger charge is 2.28. The zero-order valence-electron chi connectivity index (χ0n) is 12.3. The van der Waals surface area contributed by atoms with Crippen LogP contribution in [0.15, 0.2) is 36.7 Å². The molecule has 2 rings (SSSR count). The molecule has 0 bridgehead atoms. The third-order valence-electron chi connectivity index (χ3n) is 3.59. The van der Waals surface area contributed by atoms with Gasteiger partial charge in [-0.15, -0.1) is 0 Å². The molecule has 118 valence electrons. The van der Waals surface area contributed by atoms with E-state index in [1.807, 2.05) is 12.1 Å². The number of hydrogen-bond acceptors (Lipinski definition) is 4. The highest BCUT2D eigenvalue weighted by atomic mass is 35.5. The molecule has 0 fully saturated rings. The van der Waals surface area contributed by atoms with E-state index in [1.54, 1.807) is 24.5 Å². The Morgan fingerprint density at radius 1 is 0.955 bits per heavy atom. The van der Waals surface area contributed by atoms with Gasteiger partial charge in [0.2, 0.25) is 0 Å². The second-order valence-corrected chi connectivity index (χ2v) is 6.29. The minimum absolute atomic E-state index is 0.532. The first-order valence-corrected chi connectivity index (χ1v) is 7.97. The second-order valence-electron chi connectivity index (χ2n) is 5.47. The summed E-state index contributed by atoms with van der Waals surface area (Å²) in [5.74, 6) is 0. The lowest BCUT2D eigenvalue weighted by Gasteiger charge is -2.29. The predicted octanol–water partition coefficient (Wildman–Crippen LogP) is 3.01. The Bertz CT molecular complexity index is 571. The van der Waals surface area contributed by atoms with Crippen LogP contribution in [-0.2, 0) is 12.8 Å². The molecule has 0 spiro atoms. The van der Waals surface area contributed by atoms with Crippen LogP contribution in [0.5, 0.6) is 0 Å². The molecular weight excluding hydrogens is 319 g/mol. The SMILES string of the molecule is NCCCC(N)(Cc1ncccc1Cl)Cc1ncccc1Cl. The molecule has 2 aromatic heterocycles. The molecule has 0 aromatic carbocycles. The Balaban J connectivity index is 2.23. The van der Waals surface area contributed by atoms with Gasteiger partial charge in [0.25, 0.3) is 0 Å². The molecule has 6 heteroatoms. The fraction of sp³-hybridized carbons (Fsp3) is 0.375. The lowest BCUT2D eigenvalue weighted by Crippen LogP contribution is -2.45. The van der Waals surface area contributed by atoms with Crippen molar-refractivity contribution in [3.63, 3.8) is 0 Å². The molecule has 0 aliphatic carbocycles. The summed E-state index contributed by atoms with van der Waals surface area (Å²) in [7, 11) is 0. The standard InChI is InChI=1S/C16H20Cl2N4/c17-12-4-1-8-21-14(12)10-16(20,6-3-7-19)11-15-13(18)5-2-9-22-15/h1-2,4-5,8-9H,3,6-7,10-11,19-20H2. The van der Waals surface area contributed by atoms with Gasteiger partial charge in [0, 0.05) is 30.8 Å². The van der Waals surface area contributed by atoms with E-state index in [-0.39, 0.29) is 0 Å². The molecular formula is C16H20Cl2N4. The van der Waals surface area contributed by atoms with E-state index in [0.29, 0.717) is 29.4 Å². The molecule has 0 unspecified atom stereocenters. The normalized spacial score (nSPS) is 11.6. The summed E-state index contributed by atoms with van der Waals surface area (Å²) in [6, 6.07) is 7.25. The Morgan fingerprint density at radius 3 is 1.86 bits per heavy atom. The summed E-state index contributed by atoms with van der Waals surface area (Å²) in [5.41, 5.74) is 13.3. The molecule has 0 saturated heterocycles. The zero-order chi connectivity index (χ0) is 16.0. The lowest BCUT2D eigenvalue weighted by molar-refractivity contribution is 0.372. The van der Waals surface area contributed by atoms with E-state index in [9.17, 15) is 0 Å². The number of rotatable bonds is 7. The highest BCUT2D eigenvalue weighted by molar-refractivity contribution is 6.31. The van der Waals surface area contributed by atoms with Gasteiger partial charge in [0.05, 0.1) is 21.4 Å². The van der Waals surface area contributed by atoms with E-state index in [1.165, 1.54) is 0 Å². The summed E-state index contributed by atoms with van der Waals surface area (Å²) in [5, 5.41) is 1.24. The van der Waals surface area contributed by atoms with Gasteiger partial charge in [-0.1, -0.05) is 23.2 Å². The Morgan fingerprint density at radius 2 is 1.45 bits per heavy atom. The third-order valence-corrected chi connectivity index (χ3v) is 4.28. The van der Waals surface area contributed by atoms with Gasteiger partial charge in [0.15, 0.2) is 0 Å². The van der Waals surface area contributed by atoms with Crippen molar-refractivity contribution in [1.29, 1.82) is 0 Å². The van der Waals surface area contributed by atoms with Crippen molar-refractivity contribution in [3.05, 3.63) is 58.1 Å². The van der Waals surface area contributed by atoms with Crippen molar-refractivity contribution < 1.29 is 0 Å². The van der Waals surface area contributed by atoms with Crippen molar-refractivity contribution >= 4 is 23.2 Å². The smallest absolute Gasteiger partial charge is 0.0622 e. The van der Waals surface area contributed by atoms with Crippen LogP contribution in [-0.4, -0.2) is 22.1 Å². The van der Waals surface area contributed by atoms with E-state index >= 15 is 0 Å². The number of nitrogens with zero attached hydrogens (tertiary/aromatic N) is 2. The molecule has 2 aromatic rings. The maximum atomic E-state index is 6.63. The van der Waals surface area contributed by atoms with Crippen LogP contribution in [0.2, 0.25) is 10.0 Å².